The molecule has 10 nitrogen and oxygen atoms in total. The number of aliphatic hydroxyl groups is 4. The van der Waals surface area contributed by atoms with Crippen molar-refractivity contribution in [1.29, 1.82) is 0 Å². The summed E-state index contributed by atoms with van der Waals surface area (Å²) >= 11 is 0. The van der Waals surface area contributed by atoms with E-state index in [0.717, 1.165) is 30.3 Å². The predicted molar refractivity (Wildman–Crippen MR) is 139 cm³/mol. The molecule has 1 aliphatic heterocycles. The summed E-state index contributed by atoms with van der Waals surface area (Å²) in [7, 11) is 0. The fourth-order valence-corrected chi connectivity index (χ4v) is 4.32. The van der Waals surface area contributed by atoms with Crippen molar-refractivity contribution in [1.82, 2.24) is 9.55 Å². The van der Waals surface area contributed by atoms with Crippen molar-refractivity contribution < 1.29 is 34.6 Å². The van der Waals surface area contributed by atoms with E-state index in [1.807, 2.05) is 42.5 Å². The highest BCUT2D eigenvalue weighted by molar-refractivity contribution is 5.78. The maximum atomic E-state index is 10.7. The molecule has 5 N–H and O–H groups in total. The van der Waals surface area contributed by atoms with Crippen LogP contribution in [0.2, 0.25) is 0 Å². The number of ether oxygens (including phenoxy) is 3. The van der Waals surface area contributed by atoms with Gasteiger partial charge in [-0.2, -0.15) is 0 Å². The maximum Gasteiger partial charge on any atom is 0.206 e. The van der Waals surface area contributed by atoms with Crippen LogP contribution in [0.1, 0.15) is 44.4 Å². The highest BCUT2D eigenvalue weighted by Crippen LogP contribution is 2.35. The molecule has 0 aliphatic carbocycles. The van der Waals surface area contributed by atoms with Crippen LogP contribution in [0.5, 0.6) is 11.5 Å². The second-order valence-corrected chi connectivity index (χ2v) is 9.14. The van der Waals surface area contributed by atoms with Crippen LogP contribution in [-0.4, -0.2) is 74.7 Å². The molecule has 2 heterocycles. The Balaban J connectivity index is 1.55. The number of nitrogens with zero attached hydrogens (tertiary/aromatic N) is 2. The number of fused-ring (bicyclic) bond motifs is 1. The zero-order valence-corrected chi connectivity index (χ0v) is 21.1. The topological polar surface area (TPSA) is 138 Å². The van der Waals surface area contributed by atoms with Crippen LogP contribution in [-0.2, 0) is 11.3 Å². The Morgan fingerprint density at radius 3 is 2.51 bits per heavy atom. The van der Waals surface area contributed by atoms with E-state index in [1.54, 1.807) is 4.57 Å². The average Bonchev–Trinajstić information content (AvgIpc) is 3.42. The molecule has 37 heavy (non-hydrogen) atoms. The number of benzene rings is 2. The van der Waals surface area contributed by atoms with Crippen LogP contribution < -0.4 is 14.8 Å². The summed E-state index contributed by atoms with van der Waals surface area (Å²) in [5, 5.41) is 42.9. The molecule has 3 aromatic rings. The average molecular weight is 516 g/mol. The number of imidazole rings is 1. The van der Waals surface area contributed by atoms with Crippen molar-refractivity contribution in [2.24, 2.45) is 0 Å². The van der Waals surface area contributed by atoms with Crippen LogP contribution in [0.4, 0.5) is 5.95 Å². The van der Waals surface area contributed by atoms with Gasteiger partial charge in [-0.25, -0.2) is 4.98 Å². The summed E-state index contributed by atoms with van der Waals surface area (Å²) in [5.41, 5.74) is 2.36. The third-order valence-electron chi connectivity index (χ3n) is 6.39. The van der Waals surface area contributed by atoms with E-state index in [9.17, 15) is 15.3 Å². The number of rotatable bonds is 14. The number of aromatic nitrogens is 2. The van der Waals surface area contributed by atoms with Gasteiger partial charge in [0, 0.05) is 13.2 Å². The van der Waals surface area contributed by atoms with Gasteiger partial charge in [0.05, 0.1) is 30.9 Å². The third-order valence-corrected chi connectivity index (χ3v) is 6.39. The van der Waals surface area contributed by atoms with Crippen molar-refractivity contribution in [3.05, 3.63) is 48.0 Å². The first-order valence-corrected chi connectivity index (χ1v) is 12.9. The maximum absolute atomic E-state index is 10.7. The molecule has 0 saturated carbocycles. The van der Waals surface area contributed by atoms with Gasteiger partial charge in [0.2, 0.25) is 5.95 Å². The molecule has 1 aliphatic rings. The molecule has 10 heteroatoms. The first kappa shape index (κ1) is 27.2. The summed E-state index contributed by atoms with van der Waals surface area (Å²) in [6.45, 7) is 3.32. The number of unbranched alkanes of at least 4 members (excludes halogenated alkanes) is 2. The zero-order valence-electron chi connectivity index (χ0n) is 21.1. The summed E-state index contributed by atoms with van der Waals surface area (Å²) < 4.78 is 19.4. The minimum absolute atomic E-state index is 0.129. The molecule has 0 radical (unpaired) electrons. The Hall–Kier alpha value is -2.89. The fourth-order valence-electron chi connectivity index (χ4n) is 4.32. The van der Waals surface area contributed by atoms with Gasteiger partial charge < -0.3 is 40.0 Å². The van der Waals surface area contributed by atoms with Crippen LogP contribution in [0, 0.1) is 0 Å². The lowest BCUT2D eigenvalue weighted by Gasteiger charge is -2.20. The van der Waals surface area contributed by atoms with Crippen molar-refractivity contribution in [2.75, 3.05) is 31.7 Å². The lowest BCUT2D eigenvalue weighted by Crippen LogP contribution is -2.33. The van der Waals surface area contributed by atoms with Crippen molar-refractivity contribution in [2.45, 2.75) is 63.7 Å². The van der Waals surface area contributed by atoms with Crippen LogP contribution in [0.25, 0.3) is 11.0 Å². The Morgan fingerprint density at radius 1 is 0.973 bits per heavy atom. The van der Waals surface area contributed by atoms with Gasteiger partial charge in [0.25, 0.3) is 0 Å². The molecule has 4 atom stereocenters. The Morgan fingerprint density at radius 2 is 1.76 bits per heavy atom. The number of para-hydroxylation sites is 2. The molecule has 1 fully saturated rings. The van der Waals surface area contributed by atoms with Gasteiger partial charge in [-0.15, -0.1) is 0 Å². The number of hydrogen-bond acceptors (Lipinski definition) is 9. The SMILES string of the molecule is CCCCOc1ccc(CNc2nc3ccccc3n2[C@@H]2O[C@H](CO)[C@@H](O)[C@H]2O)cc1OCCCCO. The van der Waals surface area contributed by atoms with Crippen LogP contribution in [0.15, 0.2) is 42.5 Å². The van der Waals surface area contributed by atoms with Gasteiger partial charge >= 0.3 is 0 Å². The molecular weight excluding hydrogens is 478 g/mol. The van der Waals surface area contributed by atoms with Crippen molar-refractivity contribution >= 4 is 17.0 Å². The van der Waals surface area contributed by atoms with E-state index in [1.165, 1.54) is 0 Å². The van der Waals surface area contributed by atoms with Gasteiger partial charge in [-0.1, -0.05) is 31.5 Å². The number of nitrogens with one attached hydrogen (secondary N) is 1. The van der Waals surface area contributed by atoms with Gasteiger partial charge in [-0.05, 0) is 49.1 Å². The van der Waals surface area contributed by atoms with Gasteiger partial charge in [0.1, 0.15) is 18.3 Å². The number of anilines is 1. The second-order valence-electron chi connectivity index (χ2n) is 9.14. The Labute approximate surface area is 216 Å². The van der Waals surface area contributed by atoms with Gasteiger partial charge in [-0.3, -0.25) is 4.57 Å². The quantitative estimate of drug-likeness (QED) is 0.205. The molecule has 1 saturated heterocycles. The zero-order chi connectivity index (χ0) is 26.2. The first-order chi connectivity index (χ1) is 18.1. The molecule has 202 valence electrons. The van der Waals surface area contributed by atoms with Crippen LogP contribution >= 0.6 is 0 Å². The Bertz CT molecular complexity index is 1140. The third kappa shape index (κ3) is 6.34. The molecule has 4 rings (SSSR count). The van der Waals surface area contributed by atoms with Crippen molar-refractivity contribution in [3.8, 4) is 11.5 Å². The minimum atomic E-state index is -1.23. The highest BCUT2D eigenvalue weighted by atomic mass is 16.6. The molecule has 0 unspecified atom stereocenters. The smallest absolute Gasteiger partial charge is 0.206 e. The van der Waals surface area contributed by atoms with E-state index >= 15 is 0 Å². The monoisotopic (exact) mass is 515 g/mol. The summed E-state index contributed by atoms with van der Waals surface area (Å²) in [6.07, 6.45) is -0.855. The lowest BCUT2D eigenvalue weighted by molar-refractivity contribution is -0.0499. The largest absolute Gasteiger partial charge is 0.490 e. The molecular formula is C27H37N3O7. The summed E-state index contributed by atoms with van der Waals surface area (Å²) in [4.78, 5) is 4.68. The van der Waals surface area contributed by atoms with E-state index in [0.29, 0.717) is 49.1 Å². The molecule has 2 aromatic carbocycles. The number of aliphatic hydroxyl groups excluding tert-OH is 4. The van der Waals surface area contributed by atoms with E-state index in [-0.39, 0.29) is 6.61 Å². The normalized spacial score (nSPS) is 21.4. The summed E-state index contributed by atoms with van der Waals surface area (Å²) in [5.74, 6) is 1.79. The Kier molecular flexibility index (Phi) is 9.59. The fraction of sp³-hybridized carbons (Fsp3) is 0.519. The predicted octanol–water partition coefficient (Wildman–Crippen LogP) is 2.59. The summed E-state index contributed by atoms with van der Waals surface area (Å²) in [6, 6.07) is 13.2. The lowest BCUT2D eigenvalue weighted by atomic mass is 10.1. The molecule has 1 aromatic heterocycles. The van der Waals surface area contributed by atoms with E-state index in [2.05, 4.69) is 17.2 Å². The van der Waals surface area contributed by atoms with Crippen LogP contribution in [0.3, 0.4) is 0 Å². The van der Waals surface area contributed by atoms with Gasteiger partial charge in [0.15, 0.2) is 17.7 Å². The molecule has 0 spiro atoms. The first-order valence-electron chi connectivity index (χ1n) is 12.9. The highest BCUT2D eigenvalue weighted by Gasteiger charge is 2.44. The van der Waals surface area contributed by atoms with E-state index < -0.39 is 31.1 Å². The molecule has 0 bridgehead atoms. The standard InChI is InChI=1S/C27H37N3O7/c1-2-3-13-35-21-11-10-18(15-22(21)36-14-7-6-12-31)16-28-27-29-19-8-4-5-9-20(19)30(27)26-25(34)24(33)23(17-32)37-26/h4-5,8-11,15,23-26,31-34H,2-3,6-7,12-14,16-17H2,1H3,(H,28,29)/t23-,24-,25-,26-/m1/s1. The van der Waals surface area contributed by atoms with Crippen molar-refractivity contribution in [3.63, 3.8) is 0 Å². The minimum Gasteiger partial charge on any atom is -0.490 e. The molecule has 0 amide bonds. The van der Waals surface area contributed by atoms with E-state index in [4.69, 9.17) is 19.3 Å². The second kappa shape index (κ2) is 13.1. The number of hydrogen-bond donors (Lipinski definition) is 5.